The minimum Gasteiger partial charge on any atom is -0.461 e. The van der Waals surface area contributed by atoms with Crippen molar-refractivity contribution < 1.29 is 37.3 Å². The van der Waals surface area contributed by atoms with Crippen LogP contribution in [0.4, 0.5) is 29.2 Å². The van der Waals surface area contributed by atoms with Gasteiger partial charge in [-0.05, 0) is 91.0 Å². The maximum absolute atomic E-state index is 17.9. The van der Waals surface area contributed by atoms with Gasteiger partial charge in [0.25, 0.3) is 0 Å². The fourth-order valence-corrected chi connectivity index (χ4v) is 11.5. The third-order valence-electron chi connectivity index (χ3n) is 12.9. The third kappa shape index (κ3) is 5.76. The highest BCUT2D eigenvalue weighted by molar-refractivity contribution is 7.23. The molecule has 4 unspecified atom stereocenters. The molecule has 0 radical (unpaired) electrons. The highest BCUT2D eigenvalue weighted by Crippen LogP contribution is 2.63. The number of anilines is 2. The van der Waals surface area contributed by atoms with Crippen molar-refractivity contribution in [2.45, 2.75) is 127 Å². The summed E-state index contributed by atoms with van der Waals surface area (Å²) in [5.41, 5.74) is -0.548. The van der Waals surface area contributed by atoms with Crippen LogP contribution in [0.5, 0.6) is 6.01 Å². The van der Waals surface area contributed by atoms with Crippen LogP contribution in [0.25, 0.3) is 32.2 Å². The van der Waals surface area contributed by atoms with E-state index in [4.69, 9.17) is 28.9 Å². The van der Waals surface area contributed by atoms with E-state index < -0.39 is 40.4 Å². The van der Waals surface area contributed by atoms with Gasteiger partial charge in [-0.3, -0.25) is 20.1 Å². The molecule has 5 atom stereocenters. The van der Waals surface area contributed by atoms with Gasteiger partial charge in [-0.15, -0.1) is 11.3 Å². The van der Waals surface area contributed by atoms with Crippen LogP contribution in [-0.2, 0) is 27.4 Å². The predicted octanol–water partition coefficient (Wildman–Crippen LogP) is 7.59. The van der Waals surface area contributed by atoms with Crippen LogP contribution in [0.2, 0.25) is 0 Å². The molecule has 1 spiro atoms. The van der Waals surface area contributed by atoms with Crippen LogP contribution in [-0.4, -0.2) is 104 Å². The summed E-state index contributed by atoms with van der Waals surface area (Å²) in [6.07, 6.45) is 3.19. The number of halogens is 2. The average molecular weight is 829 g/mol. The Morgan fingerprint density at radius 3 is 2.56 bits per heavy atom. The first kappa shape index (κ1) is 38.3. The SMILES string of the molecule is CC(C)(C)OC(=O)Nc1sc2ccnc(-c3c4c(c5c(N6C7CCC78C6CN8C(=O)OC(C)(C)C)nc(OC[C@@]67CCCN6CC(F)C7)nc5c3F)COC4)c2c1C#N. The Bertz CT molecular complexity index is 2510. The molecule has 8 heterocycles. The summed E-state index contributed by atoms with van der Waals surface area (Å²) in [6, 6.07) is 3.75. The Labute approximate surface area is 343 Å². The summed E-state index contributed by atoms with van der Waals surface area (Å²) >= 11 is 1.17. The zero-order chi connectivity index (χ0) is 41.4. The number of nitriles is 1. The fourth-order valence-electron chi connectivity index (χ4n) is 10.5. The van der Waals surface area contributed by atoms with Crippen molar-refractivity contribution in [1.29, 1.82) is 5.26 Å². The number of piperazine rings is 1. The Balaban J connectivity index is 1.11. The number of nitrogens with zero attached hydrogens (tertiary/aromatic N) is 7. The predicted molar refractivity (Wildman–Crippen MR) is 215 cm³/mol. The van der Waals surface area contributed by atoms with Crippen LogP contribution in [0, 0.1) is 17.1 Å². The minimum absolute atomic E-state index is 0.0135. The van der Waals surface area contributed by atoms with Crippen molar-refractivity contribution in [3.8, 4) is 23.3 Å². The van der Waals surface area contributed by atoms with Crippen LogP contribution >= 0.6 is 11.3 Å². The van der Waals surface area contributed by atoms with Gasteiger partial charge in [0.15, 0.2) is 5.82 Å². The molecule has 5 aliphatic heterocycles. The van der Waals surface area contributed by atoms with E-state index in [2.05, 4.69) is 26.2 Å². The highest BCUT2D eigenvalue weighted by atomic mass is 32.1. The second kappa shape index (κ2) is 13.0. The molecule has 2 amide bonds. The number of likely N-dealkylation sites (tertiary alicyclic amines) is 1. The van der Waals surface area contributed by atoms with Gasteiger partial charge in [-0.1, -0.05) is 0 Å². The van der Waals surface area contributed by atoms with E-state index in [9.17, 15) is 19.2 Å². The van der Waals surface area contributed by atoms with Crippen molar-refractivity contribution in [1.82, 2.24) is 24.8 Å². The number of fused-ring (bicyclic) bond motifs is 5. The molecule has 0 bridgehead atoms. The molecule has 310 valence electrons. The van der Waals surface area contributed by atoms with Gasteiger partial charge in [-0.2, -0.15) is 15.2 Å². The molecule has 17 heteroatoms. The van der Waals surface area contributed by atoms with E-state index in [0.717, 1.165) is 32.2 Å². The average Bonchev–Trinajstić information content (AvgIpc) is 3.90. The van der Waals surface area contributed by atoms with Gasteiger partial charge < -0.3 is 23.8 Å². The molecule has 14 nitrogen and oxygen atoms in total. The van der Waals surface area contributed by atoms with Crippen molar-refractivity contribution >= 4 is 55.3 Å². The quantitative estimate of drug-likeness (QED) is 0.204. The third-order valence-corrected chi connectivity index (χ3v) is 14.0. The number of carbonyl (C=O) groups excluding carboxylic acids is 2. The maximum atomic E-state index is 17.9. The monoisotopic (exact) mass is 828 g/mol. The second-order valence-corrected chi connectivity index (χ2v) is 19.7. The molecule has 4 saturated heterocycles. The lowest BCUT2D eigenvalue weighted by molar-refractivity contribution is -0.166. The lowest BCUT2D eigenvalue weighted by Crippen LogP contribution is -2.97. The van der Waals surface area contributed by atoms with Gasteiger partial charge in [0.2, 0.25) is 0 Å². The van der Waals surface area contributed by atoms with E-state index in [-0.39, 0.29) is 71.3 Å². The van der Waals surface area contributed by atoms with E-state index in [1.54, 1.807) is 33.0 Å². The van der Waals surface area contributed by atoms with Crippen LogP contribution < -0.4 is 15.0 Å². The molecule has 10 rings (SSSR count). The van der Waals surface area contributed by atoms with Crippen molar-refractivity contribution in [2.24, 2.45) is 0 Å². The number of amides is 2. The number of pyridine rings is 1. The van der Waals surface area contributed by atoms with Gasteiger partial charge >= 0.3 is 18.2 Å². The smallest absolute Gasteiger partial charge is 0.412 e. The summed E-state index contributed by atoms with van der Waals surface area (Å²) in [7, 11) is 0. The molecule has 6 aliphatic rings. The fraction of sp³-hybridized carbons (Fsp3) is 0.571. The van der Waals surface area contributed by atoms with Crippen molar-refractivity contribution in [3.63, 3.8) is 0 Å². The first-order valence-electron chi connectivity index (χ1n) is 20.3. The Kier molecular flexibility index (Phi) is 8.46. The van der Waals surface area contributed by atoms with Crippen LogP contribution in [0.1, 0.15) is 90.3 Å². The number of nitrogens with one attached hydrogen (secondary N) is 1. The second-order valence-electron chi connectivity index (χ2n) is 18.7. The number of alkyl halides is 1. The van der Waals surface area contributed by atoms with Gasteiger partial charge in [0.1, 0.15) is 46.4 Å². The van der Waals surface area contributed by atoms with Gasteiger partial charge in [-0.25, -0.2) is 18.4 Å². The Hall–Kier alpha value is -4.92. The summed E-state index contributed by atoms with van der Waals surface area (Å²) in [4.78, 5) is 46.9. The number of hydrogen-bond donors (Lipinski definition) is 1. The summed E-state index contributed by atoms with van der Waals surface area (Å²) in [5.74, 6) is -0.172. The molecule has 1 saturated carbocycles. The molecule has 1 N–H and O–H groups in total. The van der Waals surface area contributed by atoms with E-state index >= 15 is 4.39 Å². The van der Waals surface area contributed by atoms with Crippen molar-refractivity contribution in [3.05, 3.63) is 34.8 Å². The topological polar surface area (TPSA) is 155 Å². The highest BCUT2D eigenvalue weighted by Gasteiger charge is 2.77. The molecule has 1 aromatic carbocycles. The number of rotatable bonds is 6. The number of piperidine rings is 1. The van der Waals surface area contributed by atoms with E-state index in [1.165, 1.54) is 11.3 Å². The molecule has 1 aliphatic carbocycles. The van der Waals surface area contributed by atoms with Crippen LogP contribution in [0.15, 0.2) is 12.3 Å². The summed E-state index contributed by atoms with van der Waals surface area (Å²) < 4.78 is 57.0. The minimum atomic E-state index is -0.959. The number of hydrogen-bond acceptors (Lipinski definition) is 13. The summed E-state index contributed by atoms with van der Waals surface area (Å²) in [6.45, 7) is 12.7. The lowest BCUT2D eigenvalue weighted by atomic mass is 9.52. The maximum Gasteiger partial charge on any atom is 0.412 e. The number of aromatic nitrogens is 3. The van der Waals surface area contributed by atoms with E-state index in [0.29, 0.717) is 51.9 Å². The molecular weight excluding hydrogens is 783 g/mol. The number of thiophene rings is 1. The van der Waals surface area contributed by atoms with E-state index in [1.807, 2.05) is 25.7 Å². The molecule has 59 heavy (non-hydrogen) atoms. The van der Waals surface area contributed by atoms with Crippen molar-refractivity contribution in [2.75, 3.05) is 36.5 Å². The summed E-state index contributed by atoms with van der Waals surface area (Å²) in [5, 5.41) is 14.3. The Morgan fingerprint density at radius 1 is 1.07 bits per heavy atom. The Morgan fingerprint density at radius 2 is 1.85 bits per heavy atom. The molecule has 3 aromatic heterocycles. The lowest BCUT2D eigenvalue weighted by Gasteiger charge is -2.80. The number of ether oxygens (including phenoxy) is 4. The largest absolute Gasteiger partial charge is 0.461 e. The zero-order valence-electron chi connectivity index (χ0n) is 33.9. The molecule has 4 aromatic rings. The number of benzene rings is 1. The zero-order valence-corrected chi connectivity index (χ0v) is 34.7. The van der Waals surface area contributed by atoms with Gasteiger partial charge in [0.05, 0.1) is 53.0 Å². The molecule has 5 fully saturated rings. The van der Waals surface area contributed by atoms with Crippen LogP contribution in [0.3, 0.4) is 0 Å². The normalized spacial score (nSPS) is 26.9. The molecular formula is C42H46F2N8O6S. The number of carbonyl (C=O) groups is 2. The first-order valence-corrected chi connectivity index (χ1v) is 21.1. The standard InChI is InChI=1S/C42H46F2N8O6S/c1-39(2,3)57-37(53)49-35-22(15-45)28-25(59-35)9-12-46-32(28)29-23-18-55-19-24(23)30-33(31(29)44)47-36(56-20-41-10-7-13-50(41)16-21(43)14-41)48-34(30)52-26-8-11-42(26)27(52)17-51(42)38(54)58-40(4,5)6/h9,12,21,26-27H,7-8,10-11,13-14,16-20H2,1-6H3,(H,49,53)/t21?,26?,27?,41-,42?/m0/s1. The first-order chi connectivity index (χ1) is 28.0. The van der Waals surface area contributed by atoms with Gasteiger partial charge in [0, 0.05) is 41.4 Å².